The number of rotatable bonds is 3. The van der Waals surface area contributed by atoms with Gasteiger partial charge in [0.25, 0.3) is 0 Å². The third kappa shape index (κ3) is 2.12. The van der Waals surface area contributed by atoms with E-state index in [2.05, 4.69) is 15.9 Å². The fraction of sp³-hybridized carbons (Fsp3) is 0.400. The molecular formula is C10H11BrO4. The van der Waals surface area contributed by atoms with Crippen molar-refractivity contribution in [1.29, 1.82) is 0 Å². The van der Waals surface area contributed by atoms with Gasteiger partial charge in [0.2, 0.25) is 0 Å². The van der Waals surface area contributed by atoms with Crippen LogP contribution >= 0.6 is 15.9 Å². The summed E-state index contributed by atoms with van der Waals surface area (Å²) in [6.07, 6.45) is 3.12. The van der Waals surface area contributed by atoms with Crippen LogP contribution in [0.15, 0.2) is 23.3 Å². The van der Waals surface area contributed by atoms with E-state index in [1.807, 2.05) is 0 Å². The van der Waals surface area contributed by atoms with Crippen LogP contribution in [-0.2, 0) is 9.59 Å². The first-order valence-corrected chi connectivity index (χ1v) is 5.47. The zero-order chi connectivity index (χ0) is 11.6. The summed E-state index contributed by atoms with van der Waals surface area (Å²) in [5, 5.41) is 18.2. The van der Waals surface area contributed by atoms with Crippen molar-refractivity contribution in [2.24, 2.45) is 5.41 Å². The lowest BCUT2D eigenvalue weighted by atomic mass is 9.78. The molecule has 0 aliphatic heterocycles. The second-order valence-corrected chi connectivity index (χ2v) is 4.13. The number of hydrogen-bond donors (Lipinski definition) is 2. The molecule has 0 aromatic heterocycles. The molecule has 0 aromatic carbocycles. The molecule has 0 heterocycles. The number of aliphatic carboxylic acids is 2. The first-order valence-electron chi connectivity index (χ1n) is 4.34. The van der Waals surface area contributed by atoms with Crippen LogP contribution < -0.4 is 0 Å². The highest BCUT2D eigenvalue weighted by atomic mass is 79.9. The van der Waals surface area contributed by atoms with E-state index in [-0.39, 0.29) is 17.3 Å². The third-order valence-electron chi connectivity index (χ3n) is 2.54. The van der Waals surface area contributed by atoms with Crippen LogP contribution in [0.3, 0.4) is 0 Å². The second-order valence-electron chi connectivity index (χ2n) is 3.57. The van der Waals surface area contributed by atoms with Crippen molar-refractivity contribution in [3.8, 4) is 0 Å². The highest BCUT2D eigenvalue weighted by molar-refractivity contribution is 9.09. The van der Waals surface area contributed by atoms with Crippen molar-refractivity contribution in [3.63, 3.8) is 0 Å². The number of alkyl halides is 1. The van der Waals surface area contributed by atoms with Gasteiger partial charge in [0, 0.05) is 17.3 Å². The molecule has 15 heavy (non-hydrogen) atoms. The largest absolute Gasteiger partial charge is 0.481 e. The summed E-state index contributed by atoms with van der Waals surface area (Å²) in [6.45, 7) is 1.67. The molecule has 0 amide bonds. The Kier molecular flexibility index (Phi) is 3.34. The predicted molar refractivity (Wildman–Crippen MR) is 58.0 cm³/mol. The fourth-order valence-electron chi connectivity index (χ4n) is 1.44. The molecule has 1 unspecified atom stereocenters. The Morgan fingerprint density at radius 1 is 1.53 bits per heavy atom. The number of allylic oxidation sites excluding steroid dienone is 2. The van der Waals surface area contributed by atoms with Gasteiger partial charge in [0.15, 0.2) is 0 Å². The van der Waals surface area contributed by atoms with Crippen LogP contribution in [0.4, 0.5) is 0 Å². The van der Waals surface area contributed by atoms with Crippen molar-refractivity contribution >= 4 is 27.9 Å². The minimum atomic E-state index is -1.13. The van der Waals surface area contributed by atoms with Gasteiger partial charge in [0.1, 0.15) is 0 Å². The smallest absolute Gasteiger partial charge is 0.331 e. The average Bonchev–Trinajstić information content (AvgIpc) is 2.18. The first kappa shape index (κ1) is 12.0. The van der Waals surface area contributed by atoms with Crippen LogP contribution in [0.5, 0.6) is 0 Å². The lowest BCUT2D eigenvalue weighted by Gasteiger charge is -2.27. The molecular weight excluding hydrogens is 264 g/mol. The van der Waals surface area contributed by atoms with E-state index in [0.29, 0.717) is 5.57 Å². The van der Waals surface area contributed by atoms with Crippen LogP contribution in [0.25, 0.3) is 0 Å². The number of hydrogen-bond acceptors (Lipinski definition) is 2. The molecule has 4 nitrogen and oxygen atoms in total. The zero-order valence-corrected chi connectivity index (χ0v) is 9.74. The van der Waals surface area contributed by atoms with Gasteiger partial charge in [-0.1, -0.05) is 28.1 Å². The molecule has 82 valence electrons. The molecule has 0 fully saturated rings. The summed E-state index contributed by atoms with van der Waals surface area (Å²) >= 11 is 3.12. The van der Waals surface area contributed by atoms with Crippen molar-refractivity contribution in [2.45, 2.75) is 13.3 Å². The molecule has 0 saturated carbocycles. The molecule has 0 aromatic rings. The second kappa shape index (κ2) is 4.18. The molecule has 1 rings (SSSR count). The molecule has 5 heteroatoms. The van der Waals surface area contributed by atoms with E-state index in [1.165, 1.54) is 0 Å². The van der Waals surface area contributed by atoms with Crippen LogP contribution in [-0.4, -0.2) is 27.5 Å². The van der Waals surface area contributed by atoms with Crippen molar-refractivity contribution in [1.82, 2.24) is 0 Å². The summed E-state index contributed by atoms with van der Waals surface area (Å²) in [6, 6.07) is 0. The zero-order valence-electron chi connectivity index (χ0n) is 8.16. The van der Waals surface area contributed by atoms with Crippen molar-refractivity contribution < 1.29 is 19.8 Å². The highest BCUT2D eigenvalue weighted by Crippen LogP contribution is 2.36. The topological polar surface area (TPSA) is 74.6 Å². The quantitative estimate of drug-likeness (QED) is 0.770. The van der Waals surface area contributed by atoms with Gasteiger partial charge in [-0.05, 0) is 12.5 Å². The fourth-order valence-corrected chi connectivity index (χ4v) is 2.06. The summed E-state index contributed by atoms with van der Waals surface area (Å²) in [4.78, 5) is 22.0. The Morgan fingerprint density at radius 2 is 2.13 bits per heavy atom. The number of carbonyl (C=O) groups is 2. The lowest BCUT2D eigenvalue weighted by molar-refractivity contribution is -0.145. The molecule has 2 N–H and O–H groups in total. The Morgan fingerprint density at radius 3 is 2.53 bits per heavy atom. The van der Waals surface area contributed by atoms with Gasteiger partial charge >= 0.3 is 11.9 Å². The summed E-state index contributed by atoms with van der Waals surface area (Å²) in [5.74, 6) is -2.06. The molecule has 1 atom stereocenters. The predicted octanol–water partition coefficient (Wildman–Crippen LogP) is 1.81. The number of carboxylic acids is 2. The normalized spacial score (nSPS) is 25.5. The van der Waals surface area contributed by atoms with E-state index in [1.54, 1.807) is 19.1 Å². The van der Waals surface area contributed by atoms with Crippen molar-refractivity contribution in [3.05, 3.63) is 23.3 Å². The van der Waals surface area contributed by atoms with Gasteiger partial charge in [-0.25, -0.2) is 4.79 Å². The molecule has 0 radical (unpaired) electrons. The Hall–Kier alpha value is -1.10. The third-order valence-corrected chi connectivity index (χ3v) is 3.54. The summed E-state index contributed by atoms with van der Waals surface area (Å²) in [7, 11) is 0. The lowest BCUT2D eigenvalue weighted by Crippen LogP contribution is -2.34. The molecule has 0 saturated heterocycles. The molecule has 1 aliphatic rings. The van der Waals surface area contributed by atoms with Gasteiger partial charge in [-0.3, -0.25) is 4.79 Å². The SMILES string of the molecule is CC1=C(C(=O)O)CC(CBr)(C(=O)O)C=C1. The van der Waals surface area contributed by atoms with E-state index in [4.69, 9.17) is 10.2 Å². The van der Waals surface area contributed by atoms with E-state index >= 15 is 0 Å². The minimum absolute atomic E-state index is 0.0191. The maximum absolute atomic E-state index is 11.1. The van der Waals surface area contributed by atoms with Crippen LogP contribution in [0.1, 0.15) is 13.3 Å². The Bertz CT molecular complexity index is 370. The van der Waals surface area contributed by atoms with E-state index in [0.717, 1.165) is 0 Å². The number of carboxylic acid groups (broad SMARTS) is 2. The monoisotopic (exact) mass is 274 g/mol. The van der Waals surface area contributed by atoms with E-state index in [9.17, 15) is 9.59 Å². The van der Waals surface area contributed by atoms with Gasteiger partial charge < -0.3 is 10.2 Å². The average molecular weight is 275 g/mol. The molecule has 0 spiro atoms. The van der Waals surface area contributed by atoms with E-state index < -0.39 is 17.4 Å². The first-order chi connectivity index (χ1) is 6.93. The highest BCUT2D eigenvalue weighted by Gasteiger charge is 2.39. The Labute approximate surface area is 95.4 Å². The van der Waals surface area contributed by atoms with Crippen molar-refractivity contribution in [2.75, 3.05) is 5.33 Å². The minimum Gasteiger partial charge on any atom is -0.481 e. The van der Waals surface area contributed by atoms with Gasteiger partial charge in [-0.2, -0.15) is 0 Å². The standard InChI is InChI=1S/C10H11BrO4/c1-6-2-3-10(5-11,9(14)15)4-7(6)8(12)13/h2-3H,4-5H2,1H3,(H,12,13)(H,14,15). The van der Waals surface area contributed by atoms with Gasteiger partial charge in [0.05, 0.1) is 5.41 Å². The maximum Gasteiger partial charge on any atom is 0.331 e. The number of halogens is 1. The molecule has 0 bridgehead atoms. The van der Waals surface area contributed by atoms with Crippen LogP contribution in [0, 0.1) is 5.41 Å². The van der Waals surface area contributed by atoms with Gasteiger partial charge in [-0.15, -0.1) is 0 Å². The summed E-state index contributed by atoms with van der Waals surface area (Å²) in [5.41, 5.74) is -0.354. The Balaban J connectivity index is 3.12. The molecule has 1 aliphatic carbocycles. The van der Waals surface area contributed by atoms with Crippen LogP contribution in [0.2, 0.25) is 0 Å². The maximum atomic E-state index is 11.1. The summed E-state index contributed by atoms with van der Waals surface area (Å²) < 4.78 is 0.